The smallest absolute Gasteiger partial charge is 0.257 e. The minimum Gasteiger partial charge on any atom is -0.497 e. The van der Waals surface area contributed by atoms with Crippen molar-refractivity contribution in [3.05, 3.63) is 70.3 Å². The Balaban J connectivity index is 1.46. The molecule has 3 heterocycles. The summed E-state index contributed by atoms with van der Waals surface area (Å²) in [6.45, 7) is 1.31. The molecule has 0 unspecified atom stereocenters. The number of likely N-dealkylation sites (tertiary alicyclic amines) is 1. The number of fused-ring (bicyclic) bond motifs is 1. The zero-order valence-corrected chi connectivity index (χ0v) is 15.1. The van der Waals surface area contributed by atoms with Gasteiger partial charge in [-0.1, -0.05) is 12.1 Å². The molecule has 6 heteroatoms. The van der Waals surface area contributed by atoms with Crippen molar-refractivity contribution in [1.82, 2.24) is 14.9 Å². The molecule has 2 aromatic heterocycles. The van der Waals surface area contributed by atoms with E-state index in [0.717, 1.165) is 23.4 Å². The largest absolute Gasteiger partial charge is 0.497 e. The molecule has 0 radical (unpaired) electrons. The molecular formula is C21H21N3O3. The fraction of sp³-hybridized carbons (Fsp3) is 0.286. The van der Waals surface area contributed by atoms with E-state index in [1.807, 2.05) is 35.2 Å². The topological polar surface area (TPSA) is 75.3 Å². The molecule has 1 N–H and O–H groups in total. The van der Waals surface area contributed by atoms with Gasteiger partial charge >= 0.3 is 0 Å². The Hall–Kier alpha value is -3.15. The molecule has 6 nitrogen and oxygen atoms in total. The molecule has 0 aliphatic carbocycles. The number of aromatic amines is 1. The van der Waals surface area contributed by atoms with E-state index in [2.05, 4.69) is 9.97 Å². The highest BCUT2D eigenvalue weighted by Gasteiger charge is 2.28. The Labute approximate surface area is 156 Å². The number of methoxy groups -OCH3 is 1. The van der Waals surface area contributed by atoms with E-state index in [9.17, 15) is 9.59 Å². The summed E-state index contributed by atoms with van der Waals surface area (Å²) in [6.07, 6.45) is 2.89. The molecule has 0 saturated carbocycles. The molecule has 138 valence electrons. The van der Waals surface area contributed by atoms with Crippen LogP contribution in [0.4, 0.5) is 0 Å². The van der Waals surface area contributed by atoms with Crippen molar-refractivity contribution in [3.63, 3.8) is 0 Å². The number of hydrogen-bond donors (Lipinski definition) is 1. The van der Waals surface area contributed by atoms with E-state index in [0.29, 0.717) is 30.4 Å². The molecule has 1 atom stereocenters. The van der Waals surface area contributed by atoms with E-state index >= 15 is 0 Å². The predicted octanol–water partition coefficient (Wildman–Crippen LogP) is 2.49. The number of amides is 1. The Bertz CT molecular complexity index is 1030. The van der Waals surface area contributed by atoms with Crippen LogP contribution >= 0.6 is 0 Å². The van der Waals surface area contributed by atoms with Gasteiger partial charge in [-0.3, -0.25) is 14.6 Å². The highest BCUT2D eigenvalue weighted by atomic mass is 16.5. The van der Waals surface area contributed by atoms with Crippen molar-refractivity contribution in [1.29, 1.82) is 0 Å². The summed E-state index contributed by atoms with van der Waals surface area (Å²) in [4.78, 5) is 34.0. The number of nitrogens with one attached hydrogen (secondary N) is 1. The first-order valence-electron chi connectivity index (χ1n) is 9.02. The second kappa shape index (κ2) is 7.23. The van der Waals surface area contributed by atoms with Gasteiger partial charge in [0.15, 0.2) is 0 Å². The molecule has 3 aromatic rings. The minimum absolute atomic E-state index is 0.101. The molecule has 0 bridgehead atoms. The van der Waals surface area contributed by atoms with Crippen molar-refractivity contribution in [2.75, 3.05) is 20.2 Å². The first kappa shape index (κ1) is 17.3. The summed E-state index contributed by atoms with van der Waals surface area (Å²) in [5, 5.41) is 0.590. The maximum atomic E-state index is 12.6. The van der Waals surface area contributed by atoms with Gasteiger partial charge in [0.2, 0.25) is 5.91 Å². The average Bonchev–Trinajstić information content (AvgIpc) is 3.19. The van der Waals surface area contributed by atoms with Crippen molar-refractivity contribution in [3.8, 4) is 5.75 Å². The molecule has 1 aromatic carbocycles. The Kier molecular flexibility index (Phi) is 4.62. The van der Waals surface area contributed by atoms with Crippen LogP contribution < -0.4 is 10.3 Å². The number of pyridine rings is 2. The molecule has 27 heavy (non-hydrogen) atoms. The lowest BCUT2D eigenvalue weighted by Crippen LogP contribution is -2.30. The van der Waals surface area contributed by atoms with Gasteiger partial charge in [-0.05, 0) is 42.3 Å². The number of aromatic nitrogens is 2. The van der Waals surface area contributed by atoms with Gasteiger partial charge in [0.25, 0.3) is 5.56 Å². The third-order valence-electron chi connectivity index (χ3n) is 5.13. The minimum atomic E-state index is -0.126. The van der Waals surface area contributed by atoms with Gasteiger partial charge in [0.1, 0.15) is 5.75 Å². The third kappa shape index (κ3) is 3.56. The highest BCUT2D eigenvalue weighted by Crippen LogP contribution is 2.27. The lowest BCUT2D eigenvalue weighted by molar-refractivity contribution is -0.129. The van der Waals surface area contributed by atoms with Gasteiger partial charge < -0.3 is 14.6 Å². The van der Waals surface area contributed by atoms with E-state index in [-0.39, 0.29) is 17.4 Å². The van der Waals surface area contributed by atoms with Crippen molar-refractivity contribution >= 4 is 16.8 Å². The van der Waals surface area contributed by atoms with Crippen LogP contribution in [0.15, 0.2) is 53.5 Å². The van der Waals surface area contributed by atoms with Crippen LogP contribution in [0, 0.1) is 0 Å². The Morgan fingerprint density at radius 1 is 1.30 bits per heavy atom. The van der Waals surface area contributed by atoms with Crippen molar-refractivity contribution in [2.45, 2.75) is 18.8 Å². The lowest BCUT2D eigenvalue weighted by atomic mass is 10.0. The zero-order chi connectivity index (χ0) is 18.8. The molecule has 1 aliphatic rings. The fourth-order valence-corrected chi connectivity index (χ4v) is 3.60. The predicted molar refractivity (Wildman–Crippen MR) is 103 cm³/mol. The van der Waals surface area contributed by atoms with Crippen molar-refractivity contribution < 1.29 is 9.53 Å². The molecular weight excluding hydrogens is 342 g/mol. The second-order valence-corrected chi connectivity index (χ2v) is 6.84. The molecule has 1 aliphatic heterocycles. The first-order valence-corrected chi connectivity index (χ1v) is 9.02. The Morgan fingerprint density at radius 3 is 2.89 bits per heavy atom. The molecule has 1 saturated heterocycles. The number of benzene rings is 1. The summed E-state index contributed by atoms with van der Waals surface area (Å²) in [7, 11) is 1.62. The lowest BCUT2D eigenvalue weighted by Gasteiger charge is -2.17. The summed E-state index contributed by atoms with van der Waals surface area (Å²) in [6, 6.07) is 13.0. The zero-order valence-electron chi connectivity index (χ0n) is 15.1. The standard InChI is InChI=1S/C21H21N3O3/c1-27-16-6-4-14(5-7-16)11-20(25)24-10-8-15(13-24)18-12-19-17(21(26)23-18)3-2-9-22-19/h2-7,9,12,15H,8,10-11,13H2,1H3,(H,23,26)/t15-/m0/s1. The molecule has 1 amide bonds. The van der Waals surface area contributed by atoms with E-state index in [1.54, 1.807) is 25.4 Å². The van der Waals surface area contributed by atoms with Crippen LogP contribution in [0.1, 0.15) is 23.6 Å². The van der Waals surface area contributed by atoms with Gasteiger partial charge in [-0.15, -0.1) is 0 Å². The Morgan fingerprint density at radius 2 is 2.11 bits per heavy atom. The number of ether oxygens (including phenoxy) is 1. The number of H-pyrrole nitrogens is 1. The number of carbonyl (C=O) groups excluding carboxylic acids is 1. The third-order valence-corrected chi connectivity index (χ3v) is 5.13. The van der Waals surface area contributed by atoms with Crippen LogP contribution in [0.3, 0.4) is 0 Å². The van der Waals surface area contributed by atoms with Gasteiger partial charge in [-0.2, -0.15) is 0 Å². The van der Waals surface area contributed by atoms with Crippen LogP contribution in [-0.2, 0) is 11.2 Å². The fourth-order valence-electron chi connectivity index (χ4n) is 3.60. The first-order chi connectivity index (χ1) is 13.1. The van der Waals surface area contributed by atoms with Crippen molar-refractivity contribution in [2.24, 2.45) is 0 Å². The second-order valence-electron chi connectivity index (χ2n) is 6.84. The van der Waals surface area contributed by atoms with Crippen LogP contribution in [0.25, 0.3) is 10.9 Å². The summed E-state index contributed by atoms with van der Waals surface area (Å²) >= 11 is 0. The van der Waals surface area contributed by atoms with Crippen LogP contribution in [-0.4, -0.2) is 41.0 Å². The molecule has 0 spiro atoms. The normalized spacial score (nSPS) is 16.6. The van der Waals surface area contributed by atoms with E-state index in [1.165, 1.54) is 0 Å². The van der Waals surface area contributed by atoms with Crippen LogP contribution in [0.5, 0.6) is 5.75 Å². The maximum Gasteiger partial charge on any atom is 0.257 e. The van der Waals surface area contributed by atoms with Gasteiger partial charge in [0.05, 0.1) is 24.4 Å². The number of hydrogen-bond acceptors (Lipinski definition) is 4. The van der Waals surface area contributed by atoms with E-state index < -0.39 is 0 Å². The molecule has 4 rings (SSSR count). The monoisotopic (exact) mass is 363 g/mol. The number of carbonyl (C=O) groups is 1. The summed E-state index contributed by atoms with van der Waals surface area (Å²) in [5.74, 6) is 1.01. The quantitative estimate of drug-likeness (QED) is 0.773. The highest BCUT2D eigenvalue weighted by molar-refractivity contribution is 5.79. The van der Waals surface area contributed by atoms with E-state index in [4.69, 9.17) is 4.74 Å². The SMILES string of the molecule is COc1ccc(CC(=O)N2CC[C@H](c3cc4ncccc4c(=O)[nH]3)C2)cc1. The summed E-state index contributed by atoms with van der Waals surface area (Å²) in [5.41, 5.74) is 2.39. The van der Waals surface area contributed by atoms with Gasteiger partial charge in [-0.25, -0.2) is 0 Å². The molecule has 1 fully saturated rings. The average molecular weight is 363 g/mol. The van der Waals surface area contributed by atoms with Crippen LogP contribution in [0.2, 0.25) is 0 Å². The maximum absolute atomic E-state index is 12.6. The number of nitrogens with zero attached hydrogens (tertiary/aromatic N) is 2. The number of rotatable bonds is 4. The van der Waals surface area contributed by atoms with Gasteiger partial charge in [0, 0.05) is 30.9 Å². The summed E-state index contributed by atoms with van der Waals surface area (Å²) < 4.78 is 5.15.